The number of hydrogen-bond acceptors (Lipinski definition) is 7. The Labute approximate surface area is 186 Å². The van der Waals surface area contributed by atoms with Gasteiger partial charge in [0, 0.05) is 13.6 Å². The molecule has 0 aliphatic carbocycles. The molecule has 194 valence electrons. The molecule has 0 fully saturated rings. The molecule has 0 aromatic carbocycles. The number of tetrazole rings is 1. The molecule has 0 saturated heterocycles. The third kappa shape index (κ3) is 10.4. The predicted octanol–water partition coefficient (Wildman–Crippen LogP) is 0.730. The minimum Gasteiger partial charge on any atom is -0.475 e. The van der Waals surface area contributed by atoms with E-state index in [2.05, 4.69) is 25.6 Å². The molecule has 1 heterocycles. The number of nitrogens with zero attached hydrogens (tertiary/aromatic N) is 5. The topological polar surface area (TPSA) is 180 Å². The number of likely N-dealkylation sites (N-methyl/N-ethyl adjacent to an activating group) is 1. The van der Waals surface area contributed by atoms with Gasteiger partial charge in [-0.05, 0) is 31.4 Å². The Hall–Kier alpha value is -3.54. The van der Waals surface area contributed by atoms with Gasteiger partial charge in [0.2, 0.25) is 0 Å². The number of hydrogen-bond donors (Lipinski definition) is 4. The van der Waals surface area contributed by atoms with Crippen molar-refractivity contribution in [2.24, 2.45) is 10.7 Å². The van der Waals surface area contributed by atoms with Gasteiger partial charge in [-0.1, -0.05) is 5.10 Å². The van der Waals surface area contributed by atoms with Crippen LogP contribution in [-0.4, -0.2) is 87.5 Å². The molecule has 1 rings (SSSR count). The van der Waals surface area contributed by atoms with Crippen LogP contribution < -0.4 is 16.0 Å². The van der Waals surface area contributed by atoms with Crippen LogP contribution in [0.1, 0.15) is 26.2 Å². The molecule has 0 saturated carbocycles. The monoisotopic (exact) mass is 510 g/mol. The van der Waals surface area contributed by atoms with E-state index in [1.807, 2.05) is 0 Å². The third-order valence-corrected chi connectivity index (χ3v) is 3.84. The van der Waals surface area contributed by atoms with Crippen LogP contribution in [-0.2, 0) is 14.4 Å². The van der Waals surface area contributed by atoms with Gasteiger partial charge in [-0.15, -0.1) is 5.10 Å². The number of carbonyl (C=O) groups is 3. The SMILES string of the molecule is CN(C(=O)C(C)(CCCCN=C(N)CF)NC(=O)C(F)(F)F)c1nn[nH]n1.O=C(O)C(F)(F)F. The predicted molar refractivity (Wildman–Crippen MR) is 100 cm³/mol. The average Bonchev–Trinajstić information content (AvgIpc) is 3.26. The molecule has 19 heteroatoms. The van der Waals surface area contributed by atoms with Crippen LogP contribution in [0.3, 0.4) is 0 Å². The molecule has 1 aromatic heterocycles. The first-order valence-electron chi connectivity index (χ1n) is 9.01. The number of aliphatic imine (C=N–C) groups is 1. The molecule has 1 unspecified atom stereocenters. The summed E-state index contributed by atoms with van der Waals surface area (Å²) in [4.78, 5) is 37.5. The van der Waals surface area contributed by atoms with Gasteiger partial charge in [-0.25, -0.2) is 9.18 Å². The van der Waals surface area contributed by atoms with Gasteiger partial charge in [0.05, 0.1) is 0 Å². The van der Waals surface area contributed by atoms with Gasteiger partial charge >= 0.3 is 24.2 Å². The Bertz CT molecular complexity index is 845. The second kappa shape index (κ2) is 12.6. The van der Waals surface area contributed by atoms with Crippen LogP contribution in [0.5, 0.6) is 0 Å². The van der Waals surface area contributed by atoms with Crippen LogP contribution in [0.25, 0.3) is 0 Å². The number of amides is 2. The zero-order valence-corrected chi connectivity index (χ0v) is 17.7. The number of alkyl halides is 7. The van der Waals surface area contributed by atoms with E-state index in [9.17, 15) is 40.3 Å². The molecule has 34 heavy (non-hydrogen) atoms. The Morgan fingerprint density at radius 2 is 1.71 bits per heavy atom. The standard InChI is InChI=1S/C13H20F4N8O2.C2HF3O2/c1-12(20-9(26)13(15,16)17,5-3-4-6-19-8(18)7-14)10(27)25(2)11-21-23-24-22-11;3-2(4,5)1(6)7/h3-7H2,1-2H3,(H2,18,19)(H,20,26)(H,21,22,23,24);(H,6,7). The molecular weight excluding hydrogens is 489 g/mol. The summed E-state index contributed by atoms with van der Waals surface area (Å²) >= 11 is 0. The quantitative estimate of drug-likeness (QED) is 0.162. The fourth-order valence-electron chi connectivity index (χ4n) is 2.16. The first-order chi connectivity index (χ1) is 15.5. The molecule has 0 aliphatic rings. The number of nitrogens with one attached hydrogen (secondary N) is 2. The third-order valence-electron chi connectivity index (χ3n) is 3.84. The van der Waals surface area contributed by atoms with Crippen molar-refractivity contribution >= 4 is 29.6 Å². The van der Waals surface area contributed by atoms with Crippen LogP contribution in [0.4, 0.5) is 36.7 Å². The molecule has 0 radical (unpaired) electrons. The highest BCUT2D eigenvalue weighted by molar-refractivity contribution is 6.01. The van der Waals surface area contributed by atoms with Gasteiger partial charge in [0.25, 0.3) is 11.9 Å². The maximum atomic E-state index is 12.7. The van der Waals surface area contributed by atoms with E-state index in [1.165, 1.54) is 7.05 Å². The lowest BCUT2D eigenvalue weighted by Gasteiger charge is -2.32. The van der Waals surface area contributed by atoms with Crippen molar-refractivity contribution in [2.75, 3.05) is 25.2 Å². The second-order valence-corrected chi connectivity index (χ2v) is 6.63. The van der Waals surface area contributed by atoms with Crippen molar-refractivity contribution in [2.45, 2.75) is 44.1 Å². The summed E-state index contributed by atoms with van der Waals surface area (Å²) in [5.74, 6) is -6.25. The lowest BCUT2D eigenvalue weighted by Crippen LogP contribution is -2.59. The summed E-state index contributed by atoms with van der Waals surface area (Å²) in [6, 6.07) is 0. The average molecular weight is 510 g/mol. The number of nitrogens with two attached hydrogens (primary N) is 1. The number of carboxylic acid groups (broad SMARTS) is 1. The number of amidine groups is 1. The maximum absolute atomic E-state index is 12.7. The maximum Gasteiger partial charge on any atom is 0.490 e. The minimum atomic E-state index is -5.16. The molecule has 12 nitrogen and oxygen atoms in total. The zero-order valence-electron chi connectivity index (χ0n) is 17.7. The lowest BCUT2D eigenvalue weighted by atomic mass is 9.92. The lowest BCUT2D eigenvalue weighted by molar-refractivity contribution is -0.192. The number of rotatable bonds is 9. The second-order valence-electron chi connectivity index (χ2n) is 6.63. The number of unbranched alkanes of at least 4 members (excludes halogenated alkanes) is 1. The van der Waals surface area contributed by atoms with Gasteiger partial charge < -0.3 is 16.2 Å². The van der Waals surface area contributed by atoms with E-state index in [1.54, 1.807) is 5.32 Å². The molecule has 0 spiro atoms. The number of anilines is 1. The van der Waals surface area contributed by atoms with Crippen molar-refractivity contribution in [3.63, 3.8) is 0 Å². The summed E-state index contributed by atoms with van der Waals surface area (Å²) in [5, 5.41) is 21.4. The van der Waals surface area contributed by atoms with Gasteiger partial charge in [-0.3, -0.25) is 19.5 Å². The summed E-state index contributed by atoms with van der Waals surface area (Å²) in [5.41, 5.74) is 3.31. The van der Waals surface area contributed by atoms with Crippen LogP contribution in [0, 0.1) is 0 Å². The van der Waals surface area contributed by atoms with Crippen molar-refractivity contribution in [1.82, 2.24) is 25.9 Å². The van der Waals surface area contributed by atoms with Crippen molar-refractivity contribution in [1.29, 1.82) is 0 Å². The number of aromatic nitrogens is 4. The molecule has 5 N–H and O–H groups in total. The fraction of sp³-hybridized carbons (Fsp3) is 0.667. The molecule has 1 aromatic rings. The highest BCUT2D eigenvalue weighted by Gasteiger charge is 2.46. The number of halogens is 7. The summed E-state index contributed by atoms with van der Waals surface area (Å²) in [6.07, 6.45) is -9.85. The number of H-pyrrole nitrogens is 1. The van der Waals surface area contributed by atoms with Crippen LogP contribution in [0.2, 0.25) is 0 Å². The fourth-order valence-corrected chi connectivity index (χ4v) is 2.16. The van der Waals surface area contributed by atoms with E-state index in [0.29, 0.717) is 6.42 Å². The smallest absolute Gasteiger partial charge is 0.475 e. The normalized spacial score (nSPS) is 13.9. The number of aromatic amines is 1. The van der Waals surface area contributed by atoms with Gasteiger partial charge in [-0.2, -0.15) is 31.6 Å². The Morgan fingerprint density at radius 1 is 1.15 bits per heavy atom. The number of aliphatic carboxylic acids is 1. The van der Waals surface area contributed by atoms with Crippen molar-refractivity contribution < 1.29 is 50.2 Å². The van der Waals surface area contributed by atoms with E-state index < -0.39 is 42.3 Å². The minimum absolute atomic E-state index is 0.133. The van der Waals surface area contributed by atoms with E-state index in [4.69, 9.17) is 15.6 Å². The first-order valence-corrected chi connectivity index (χ1v) is 9.01. The van der Waals surface area contributed by atoms with E-state index in [-0.39, 0.29) is 31.2 Å². The van der Waals surface area contributed by atoms with Crippen LogP contribution >= 0.6 is 0 Å². The summed E-state index contributed by atoms with van der Waals surface area (Å²) in [6.45, 7) is 0.385. The molecule has 1 atom stereocenters. The first kappa shape index (κ1) is 30.5. The van der Waals surface area contributed by atoms with E-state index >= 15 is 0 Å². The summed E-state index contributed by atoms with van der Waals surface area (Å²) < 4.78 is 81.9. The van der Waals surface area contributed by atoms with Crippen LogP contribution in [0.15, 0.2) is 4.99 Å². The highest BCUT2D eigenvalue weighted by atomic mass is 19.4. The Morgan fingerprint density at radius 3 is 2.12 bits per heavy atom. The number of carbonyl (C=O) groups excluding carboxylic acids is 2. The largest absolute Gasteiger partial charge is 0.490 e. The summed E-state index contributed by atoms with van der Waals surface area (Å²) in [7, 11) is 1.23. The molecular formula is C15H21F7N8O4. The van der Waals surface area contributed by atoms with Crippen molar-refractivity contribution in [3.05, 3.63) is 0 Å². The van der Waals surface area contributed by atoms with Gasteiger partial charge in [0.15, 0.2) is 0 Å². The Balaban J connectivity index is 0.00000135. The molecule has 2 amide bonds. The van der Waals surface area contributed by atoms with E-state index in [0.717, 1.165) is 11.8 Å². The van der Waals surface area contributed by atoms with Crippen molar-refractivity contribution in [3.8, 4) is 0 Å². The number of carboxylic acids is 1. The highest BCUT2D eigenvalue weighted by Crippen LogP contribution is 2.23. The molecule has 0 bridgehead atoms. The molecule has 0 aliphatic heterocycles. The Kier molecular flexibility index (Phi) is 11.3. The zero-order chi connectivity index (χ0) is 26.7. The van der Waals surface area contributed by atoms with Gasteiger partial charge in [0.1, 0.15) is 18.0 Å².